The molecule has 2 N–H and O–H groups in total. The molecule has 0 spiro atoms. The smallest absolute Gasteiger partial charge is 0.431 e. The number of anilines is 1. The van der Waals surface area contributed by atoms with Gasteiger partial charge in [-0.15, -0.1) is 0 Å². The van der Waals surface area contributed by atoms with Crippen LogP contribution in [0.5, 0.6) is 0 Å². The number of imide groups is 1. The maximum absolute atomic E-state index is 14.4. The van der Waals surface area contributed by atoms with Gasteiger partial charge in [-0.3, -0.25) is 33.7 Å². The number of carbonyl (C=O) groups is 6. The number of ether oxygens (including phenoxy) is 1. The van der Waals surface area contributed by atoms with Crippen LogP contribution in [0, 0.1) is 5.92 Å². The number of nitrogens with one attached hydrogen (secondary N) is 2. The van der Waals surface area contributed by atoms with Crippen LogP contribution in [-0.2, 0) is 14.4 Å². The van der Waals surface area contributed by atoms with E-state index in [0.29, 0.717) is 53.8 Å². The third kappa shape index (κ3) is 7.07. The van der Waals surface area contributed by atoms with Crippen molar-refractivity contribution in [3.63, 3.8) is 0 Å². The van der Waals surface area contributed by atoms with Gasteiger partial charge in [-0.1, -0.05) is 75.0 Å². The maximum Gasteiger partial charge on any atom is 0.431 e. The van der Waals surface area contributed by atoms with Gasteiger partial charge >= 0.3 is 6.09 Å². The number of hydroxylamine groups is 1. The molecule has 2 heterocycles. The summed E-state index contributed by atoms with van der Waals surface area (Å²) in [4.78, 5) is 88.8. The first kappa shape index (κ1) is 39.0. The summed E-state index contributed by atoms with van der Waals surface area (Å²) in [5, 5.41) is 10.1. The number of amides is 5. The number of piperazine rings is 1. The Bertz CT molecular complexity index is 2600. The Labute approximate surface area is 339 Å². The molecule has 0 aliphatic carbocycles. The van der Waals surface area contributed by atoms with Crippen molar-refractivity contribution in [2.24, 2.45) is 5.92 Å². The highest BCUT2D eigenvalue weighted by Crippen LogP contribution is 2.46. The van der Waals surface area contributed by atoms with Crippen molar-refractivity contribution >= 4 is 84.8 Å². The van der Waals surface area contributed by atoms with Crippen LogP contribution in [0.15, 0.2) is 91.5 Å². The normalized spacial score (nSPS) is 14.7. The third-order valence-corrected chi connectivity index (χ3v) is 11.2. The molecule has 300 valence electrons. The molecule has 0 saturated carbocycles. The second kappa shape index (κ2) is 16.2. The lowest BCUT2D eigenvalue weighted by Gasteiger charge is -2.37. The summed E-state index contributed by atoms with van der Waals surface area (Å²) in [5.41, 5.74) is 4.96. The molecular weight excluding hydrogens is 751 g/mol. The Morgan fingerprint density at radius 2 is 1.41 bits per heavy atom. The van der Waals surface area contributed by atoms with E-state index in [9.17, 15) is 28.8 Å². The minimum Gasteiger partial charge on any atom is -0.444 e. The molecule has 0 radical (unpaired) electrons. The van der Waals surface area contributed by atoms with Crippen molar-refractivity contribution in [2.45, 2.75) is 26.3 Å². The van der Waals surface area contributed by atoms with Gasteiger partial charge in [0.05, 0.1) is 6.61 Å². The van der Waals surface area contributed by atoms with Crippen molar-refractivity contribution in [1.82, 2.24) is 20.6 Å². The first-order chi connectivity index (χ1) is 28.6. The highest BCUT2D eigenvalue weighted by molar-refractivity contribution is 6.39. The monoisotopic (exact) mass is 793 g/mol. The Hall–Kier alpha value is -6.86. The van der Waals surface area contributed by atoms with Crippen LogP contribution in [-0.4, -0.2) is 97.8 Å². The molecule has 2 aliphatic heterocycles. The van der Waals surface area contributed by atoms with Gasteiger partial charge in [0, 0.05) is 71.4 Å². The highest BCUT2D eigenvalue weighted by Gasteiger charge is 2.41. The minimum atomic E-state index is -1.08. The topological polar surface area (TPSA) is 155 Å². The summed E-state index contributed by atoms with van der Waals surface area (Å²) in [6.45, 7) is 9.63. The van der Waals surface area contributed by atoms with Gasteiger partial charge in [-0.05, 0) is 75.0 Å². The van der Waals surface area contributed by atoms with Crippen LogP contribution in [0.25, 0.3) is 43.1 Å². The van der Waals surface area contributed by atoms with Crippen LogP contribution in [0.3, 0.4) is 0 Å². The molecule has 1 fully saturated rings. The molecule has 0 aromatic heterocycles. The van der Waals surface area contributed by atoms with Crippen molar-refractivity contribution in [2.75, 3.05) is 50.8 Å². The fraction of sp³-hybridized carbons (Fsp3) is 0.261. The van der Waals surface area contributed by atoms with E-state index >= 15 is 0 Å². The zero-order chi connectivity index (χ0) is 41.4. The van der Waals surface area contributed by atoms with Crippen molar-refractivity contribution in [3.05, 3.63) is 114 Å². The lowest BCUT2D eigenvalue weighted by atomic mass is 9.84. The molecule has 1 atom stereocenters. The molecule has 6 aromatic carbocycles. The fourth-order valence-corrected chi connectivity index (χ4v) is 8.48. The maximum atomic E-state index is 14.4. The molecule has 8 rings (SSSR count). The number of fused-ring (bicyclic) bond motifs is 2. The molecule has 2 aliphatic rings. The average molecular weight is 794 g/mol. The summed E-state index contributed by atoms with van der Waals surface area (Å²) >= 11 is 0. The Balaban J connectivity index is 1.08. The summed E-state index contributed by atoms with van der Waals surface area (Å²) in [5.74, 6) is -1.67. The van der Waals surface area contributed by atoms with E-state index < -0.39 is 29.9 Å². The van der Waals surface area contributed by atoms with E-state index in [1.807, 2.05) is 36.9 Å². The van der Waals surface area contributed by atoms with Crippen LogP contribution in [0.2, 0.25) is 0 Å². The number of hydrogen-bond acceptors (Lipinski definition) is 9. The lowest BCUT2D eigenvalue weighted by Crippen LogP contribution is -2.54. The first-order valence-electron chi connectivity index (χ1n) is 19.7. The molecule has 5 amide bonds. The van der Waals surface area contributed by atoms with Gasteiger partial charge in [0.25, 0.3) is 17.7 Å². The van der Waals surface area contributed by atoms with Crippen molar-refractivity contribution in [1.29, 1.82) is 0 Å². The third-order valence-electron chi connectivity index (χ3n) is 11.2. The highest BCUT2D eigenvalue weighted by atomic mass is 16.7. The predicted molar refractivity (Wildman–Crippen MR) is 225 cm³/mol. The van der Waals surface area contributed by atoms with E-state index in [0.717, 1.165) is 54.6 Å². The summed E-state index contributed by atoms with van der Waals surface area (Å²) in [6.07, 6.45) is 1.61. The van der Waals surface area contributed by atoms with Crippen LogP contribution in [0.1, 0.15) is 61.7 Å². The van der Waals surface area contributed by atoms with Gasteiger partial charge in [0.1, 0.15) is 18.9 Å². The SMILES string of the molecule is C=CCOC(=O)NOCCNC(=O)[C@H](CC(C)C)N1C(=O)c2ccc3c4cccc5c(N6CCN(C(=O)c7ccc(C=O)cc7)CC6)ccc(c6ccc(c2c36)C1=O)c54. The standard InChI is InChI=1S/C46H43N5O8/c1-4-23-58-46(57)48-59-24-18-47-42(53)38(25-27(2)3)51-44(55)35-14-12-32-30-6-5-7-34-37(17-16-31(39(30)34)33-13-15-36(45(51)56)41(35)40(32)33)49-19-21-50(22-20-49)43(54)29-10-8-28(26-52)9-11-29/h4-17,26-27,38H,1,18-25H2,2-3H3,(H,47,53)(H,48,57)/t38-/m0/s1. The molecule has 6 aromatic rings. The van der Waals surface area contributed by atoms with E-state index in [2.05, 4.69) is 46.5 Å². The van der Waals surface area contributed by atoms with E-state index in [1.165, 1.54) is 6.08 Å². The van der Waals surface area contributed by atoms with Gasteiger partial charge in [0.15, 0.2) is 0 Å². The quantitative estimate of drug-likeness (QED) is 0.0254. The molecule has 0 unspecified atom stereocenters. The number of aldehydes is 1. The van der Waals surface area contributed by atoms with E-state index in [-0.39, 0.29) is 38.0 Å². The Kier molecular flexibility index (Phi) is 10.7. The van der Waals surface area contributed by atoms with E-state index in [4.69, 9.17) is 9.57 Å². The number of benzene rings is 6. The molecule has 0 bridgehead atoms. The average Bonchev–Trinajstić information content (AvgIpc) is 3.25. The molecule has 1 saturated heterocycles. The number of rotatable bonds is 13. The van der Waals surface area contributed by atoms with Gasteiger partial charge in [-0.25, -0.2) is 4.79 Å². The molecule has 13 heteroatoms. The van der Waals surface area contributed by atoms with Crippen LogP contribution in [0.4, 0.5) is 10.5 Å². The van der Waals surface area contributed by atoms with Crippen LogP contribution >= 0.6 is 0 Å². The zero-order valence-corrected chi connectivity index (χ0v) is 32.8. The second-order valence-corrected chi connectivity index (χ2v) is 15.2. The second-order valence-electron chi connectivity index (χ2n) is 15.2. The fourth-order valence-electron chi connectivity index (χ4n) is 8.48. The van der Waals surface area contributed by atoms with Crippen LogP contribution < -0.4 is 15.7 Å². The minimum absolute atomic E-state index is 0.00593. The molecular formula is C46H43N5O8. The molecule has 59 heavy (non-hydrogen) atoms. The molecule has 13 nitrogen and oxygen atoms in total. The number of carbonyl (C=O) groups excluding carboxylic acids is 6. The summed E-state index contributed by atoms with van der Waals surface area (Å²) in [6, 6.07) is 23.4. The predicted octanol–water partition coefficient (Wildman–Crippen LogP) is 6.48. The Morgan fingerprint density at radius 3 is 2.05 bits per heavy atom. The number of nitrogens with zero attached hydrogens (tertiary/aromatic N) is 3. The largest absolute Gasteiger partial charge is 0.444 e. The van der Waals surface area contributed by atoms with Gasteiger partial charge in [0.2, 0.25) is 5.91 Å². The van der Waals surface area contributed by atoms with E-state index in [1.54, 1.807) is 36.4 Å². The number of hydrogen-bond donors (Lipinski definition) is 2. The van der Waals surface area contributed by atoms with Gasteiger partial charge in [-0.2, -0.15) is 5.48 Å². The zero-order valence-electron chi connectivity index (χ0n) is 32.8. The summed E-state index contributed by atoms with van der Waals surface area (Å²) < 4.78 is 4.79. The summed E-state index contributed by atoms with van der Waals surface area (Å²) in [7, 11) is 0. The first-order valence-corrected chi connectivity index (χ1v) is 19.7. The lowest BCUT2D eigenvalue weighted by molar-refractivity contribution is -0.126. The Morgan fingerprint density at radius 1 is 0.780 bits per heavy atom. The van der Waals surface area contributed by atoms with Crippen molar-refractivity contribution in [3.8, 4) is 0 Å². The van der Waals surface area contributed by atoms with Crippen molar-refractivity contribution < 1.29 is 38.3 Å². The van der Waals surface area contributed by atoms with Gasteiger partial charge < -0.3 is 19.9 Å².